The normalized spacial score (nSPS) is 28.8. The summed E-state index contributed by atoms with van der Waals surface area (Å²) < 4.78 is 0. The SMILES string of the molecule is CCCCCC(C)(CCCC)N1C(C)CC1C. The van der Waals surface area contributed by atoms with Crippen LogP contribution in [0.25, 0.3) is 0 Å². The van der Waals surface area contributed by atoms with Gasteiger partial charge in [0.15, 0.2) is 0 Å². The van der Waals surface area contributed by atoms with E-state index >= 15 is 0 Å². The predicted octanol–water partition coefficient (Wildman–Crippen LogP) is 5.00. The lowest BCUT2D eigenvalue weighted by molar-refractivity contribution is -0.0682. The van der Waals surface area contributed by atoms with Gasteiger partial charge in [-0.2, -0.15) is 0 Å². The quantitative estimate of drug-likeness (QED) is 0.539. The molecule has 102 valence electrons. The van der Waals surface area contributed by atoms with Gasteiger partial charge >= 0.3 is 0 Å². The Morgan fingerprint density at radius 1 is 0.941 bits per heavy atom. The number of hydrogen-bond acceptors (Lipinski definition) is 1. The second-order valence-corrected chi connectivity index (χ2v) is 6.40. The zero-order valence-corrected chi connectivity index (χ0v) is 12.8. The monoisotopic (exact) mass is 239 g/mol. The fourth-order valence-electron chi connectivity index (χ4n) is 3.78. The van der Waals surface area contributed by atoms with Crippen LogP contribution in [0.5, 0.6) is 0 Å². The highest BCUT2D eigenvalue weighted by molar-refractivity contribution is 4.99. The molecule has 3 atom stereocenters. The zero-order valence-electron chi connectivity index (χ0n) is 12.8. The van der Waals surface area contributed by atoms with E-state index in [1.165, 1.54) is 51.4 Å². The van der Waals surface area contributed by atoms with E-state index in [-0.39, 0.29) is 0 Å². The lowest BCUT2D eigenvalue weighted by atomic mass is 9.79. The average Bonchev–Trinajstić information content (AvgIpc) is 2.26. The standard InChI is InChI=1S/C16H33N/c1-6-8-10-12-16(5,11-9-7-2)17-14(3)13-15(17)4/h14-15H,6-13H2,1-5H3. The van der Waals surface area contributed by atoms with E-state index in [9.17, 15) is 0 Å². The number of rotatable bonds is 8. The zero-order chi connectivity index (χ0) is 12.9. The molecule has 3 unspecified atom stereocenters. The summed E-state index contributed by atoms with van der Waals surface area (Å²) in [5.41, 5.74) is 0.474. The summed E-state index contributed by atoms with van der Waals surface area (Å²) in [5, 5.41) is 0. The van der Waals surface area contributed by atoms with Gasteiger partial charge in [0.1, 0.15) is 0 Å². The van der Waals surface area contributed by atoms with Crippen molar-refractivity contribution in [3.63, 3.8) is 0 Å². The molecule has 1 heterocycles. The van der Waals surface area contributed by atoms with Crippen molar-refractivity contribution in [2.24, 2.45) is 0 Å². The molecule has 0 spiro atoms. The summed E-state index contributed by atoms with van der Waals surface area (Å²) in [7, 11) is 0. The summed E-state index contributed by atoms with van der Waals surface area (Å²) >= 11 is 0. The summed E-state index contributed by atoms with van der Waals surface area (Å²) in [6, 6.07) is 1.63. The molecule has 0 aromatic rings. The molecule has 0 aromatic carbocycles. The first-order valence-electron chi connectivity index (χ1n) is 7.83. The maximum absolute atomic E-state index is 2.80. The van der Waals surface area contributed by atoms with E-state index in [2.05, 4.69) is 39.5 Å². The molecule has 0 radical (unpaired) electrons. The third-order valence-corrected chi connectivity index (χ3v) is 4.64. The highest BCUT2D eigenvalue weighted by Gasteiger charge is 2.43. The molecule has 0 saturated carbocycles. The molecule has 0 N–H and O–H groups in total. The highest BCUT2D eigenvalue weighted by Crippen LogP contribution is 2.39. The van der Waals surface area contributed by atoms with Crippen LogP contribution in [-0.4, -0.2) is 22.5 Å². The van der Waals surface area contributed by atoms with Crippen molar-refractivity contribution in [1.29, 1.82) is 0 Å². The molecule has 1 rings (SSSR count). The maximum atomic E-state index is 2.80. The van der Waals surface area contributed by atoms with Crippen LogP contribution in [-0.2, 0) is 0 Å². The van der Waals surface area contributed by atoms with Gasteiger partial charge in [-0.1, -0.05) is 46.0 Å². The van der Waals surface area contributed by atoms with Crippen molar-refractivity contribution in [2.75, 3.05) is 0 Å². The van der Waals surface area contributed by atoms with Crippen molar-refractivity contribution >= 4 is 0 Å². The number of likely N-dealkylation sites (tertiary alicyclic amines) is 1. The Morgan fingerprint density at radius 2 is 1.47 bits per heavy atom. The van der Waals surface area contributed by atoms with Crippen molar-refractivity contribution < 1.29 is 0 Å². The van der Waals surface area contributed by atoms with Crippen molar-refractivity contribution in [2.45, 2.75) is 104 Å². The Bertz CT molecular complexity index is 206. The van der Waals surface area contributed by atoms with E-state index in [0.717, 1.165) is 12.1 Å². The van der Waals surface area contributed by atoms with E-state index < -0.39 is 0 Å². The van der Waals surface area contributed by atoms with Crippen LogP contribution in [0.1, 0.15) is 86.0 Å². The Labute approximate surface area is 109 Å². The minimum absolute atomic E-state index is 0.474. The molecule has 0 bridgehead atoms. The third-order valence-electron chi connectivity index (χ3n) is 4.64. The van der Waals surface area contributed by atoms with Crippen LogP contribution in [0.15, 0.2) is 0 Å². The van der Waals surface area contributed by atoms with Crippen LogP contribution < -0.4 is 0 Å². The Morgan fingerprint density at radius 3 is 1.94 bits per heavy atom. The van der Waals surface area contributed by atoms with Crippen molar-refractivity contribution in [3.05, 3.63) is 0 Å². The van der Waals surface area contributed by atoms with E-state index in [4.69, 9.17) is 0 Å². The number of hydrogen-bond donors (Lipinski definition) is 0. The molecular formula is C16H33N. The third kappa shape index (κ3) is 3.71. The molecule has 0 aromatic heterocycles. The molecule has 1 aliphatic heterocycles. The summed E-state index contributed by atoms with van der Waals surface area (Å²) in [4.78, 5) is 2.80. The van der Waals surface area contributed by atoms with Crippen LogP contribution >= 0.6 is 0 Å². The maximum Gasteiger partial charge on any atom is 0.0187 e. The minimum atomic E-state index is 0.474. The topological polar surface area (TPSA) is 3.24 Å². The molecule has 0 aliphatic carbocycles. The summed E-state index contributed by atoms with van der Waals surface area (Å²) in [5.74, 6) is 0. The van der Waals surface area contributed by atoms with Gasteiger partial charge < -0.3 is 0 Å². The predicted molar refractivity (Wildman–Crippen MR) is 77.5 cm³/mol. The smallest absolute Gasteiger partial charge is 0.0187 e. The van der Waals surface area contributed by atoms with Gasteiger partial charge in [0.05, 0.1) is 0 Å². The number of unbranched alkanes of at least 4 members (excludes halogenated alkanes) is 3. The summed E-state index contributed by atoms with van der Waals surface area (Å²) in [6.45, 7) is 12.0. The molecule has 0 amide bonds. The van der Waals surface area contributed by atoms with Crippen LogP contribution in [0.3, 0.4) is 0 Å². The van der Waals surface area contributed by atoms with Gasteiger partial charge in [0.25, 0.3) is 0 Å². The first kappa shape index (κ1) is 15.0. The lowest BCUT2D eigenvalue weighted by Gasteiger charge is -2.56. The first-order chi connectivity index (χ1) is 8.05. The van der Waals surface area contributed by atoms with Crippen LogP contribution in [0, 0.1) is 0 Å². The largest absolute Gasteiger partial charge is 0.292 e. The minimum Gasteiger partial charge on any atom is -0.292 e. The van der Waals surface area contributed by atoms with Crippen LogP contribution in [0.2, 0.25) is 0 Å². The van der Waals surface area contributed by atoms with Crippen LogP contribution in [0.4, 0.5) is 0 Å². The second kappa shape index (κ2) is 6.78. The van der Waals surface area contributed by atoms with Gasteiger partial charge in [-0.15, -0.1) is 0 Å². The van der Waals surface area contributed by atoms with Crippen molar-refractivity contribution in [1.82, 2.24) is 4.90 Å². The molecule has 1 fully saturated rings. The Kier molecular flexibility index (Phi) is 5.99. The molecule has 1 heteroatoms. The average molecular weight is 239 g/mol. The van der Waals surface area contributed by atoms with Crippen molar-refractivity contribution in [3.8, 4) is 0 Å². The molecule has 1 saturated heterocycles. The van der Waals surface area contributed by atoms with E-state index in [0.29, 0.717) is 5.54 Å². The summed E-state index contributed by atoms with van der Waals surface area (Å²) in [6.07, 6.45) is 11.1. The molecule has 1 aliphatic rings. The second-order valence-electron chi connectivity index (χ2n) is 6.40. The van der Waals surface area contributed by atoms with Gasteiger partial charge in [0, 0.05) is 17.6 Å². The van der Waals surface area contributed by atoms with Gasteiger partial charge in [-0.05, 0) is 40.0 Å². The van der Waals surface area contributed by atoms with E-state index in [1.54, 1.807) is 0 Å². The molecule has 17 heavy (non-hydrogen) atoms. The van der Waals surface area contributed by atoms with E-state index in [1.807, 2.05) is 0 Å². The number of nitrogens with zero attached hydrogens (tertiary/aromatic N) is 1. The molecular weight excluding hydrogens is 206 g/mol. The van der Waals surface area contributed by atoms with Gasteiger partial charge in [-0.25, -0.2) is 0 Å². The highest BCUT2D eigenvalue weighted by atomic mass is 15.3. The van der Waals surface area contributed by atoms with Gasteiger partial charge in [0.2, 0.25) is 0 Å². The fraction of sp³-hybridized carbons (Fsp3) is 1.00. The Hall–Kier alpha value is -0.0400. The van der Waals surface area contributed by atoms with Gasteiger partial charge in [-0.3, -0.25) is 4.90 Å². The molecule has 1 nitrogen and oxygen atoms in total. The lowest BCUT2D eigenvalue weighted by Crippen LogP contribution is -2.63. The fourth-order valence-corrected chi connectivity index (χ4v) is 3.78. The Balaban J connectivity index is 2.56. The first-order valence-corrected chi connectivity index (χ1v) is 7.83.